The Bertz CT molecular complexity index is 305. The van der Waals surface area contributed by atoms with Crippen molar-refractivity contribution in [3.63, 3.8) is 0 Å². The van der Waals surface area contributed by atoms with E-state index in [4.69, 9.17) is 5.11 Å². The van der Waals surface area contributed by atoms with Crippen molar-refractivity contribution in [3.05, 3.63) is 0 Å². The van der Waals surface area contributed by atoms with Gasteiger partial charge in [-0.2, -0.15) is 0 Å². The van der Waals surface area contributed by atoms with Crippen LogP contribution in [0.4, 0.5) is 0 Å². The van der Waals surface area contributed by atoms with Gasteiger partial charge in [0.25, 0.3) is 0 Å². The molecule has 1 heterocycles. The predicted octanol–water partition coefficient (Wildman–Crippen LogP) is 1.48. The second-order valence-electron chi connectivity index (χ2n) is 5.64. The maximum Gasteiger partial charge on any atom is 0.303 e. The first kappa shape index (κ1) is 16.0. The van der Waals surface area contributed by atoms with Crippen LogP contribution in [0.25, 0.3) is 0 Å². The van der Waals surface area contributed by atoms with Crippen LogP contribution in [-0.2, 0) is 9.59 Å². The minimum atomic E-state index is -0.746. The third-order valence-electron chi connectivity index (χ3n) is 3.53. The van der Waals surface area contributed by atoms with Crippen molar-refractivity contribution in [2.45, 2.75) is 52.0 Å². The molecule has 0 aliphatic carbocycles. The molecule has 0 aromatic heterocycles. The molecule has 0 saturated carbocycles. The van der Waals surface area contributed by atoms with Crippen LogP contribution in [0.3, 0.4) is 0 Å². The first-order valence-electron chi connectivity index (χ1n) is 7.22. The summed E-state index contributed by atoms with van der Waals surface area (Å²) in [5.41, 5.74) is 0. The van der Waals surface area contributed by atoms with Gasteiger partial charge in [-0.3, -0.25) is 9.59 Å². The van der Waals surface area contributed by atoms with Crippen molar-refractivity contribution >= 4 is 11.9 Å². The predicted molar refractivity (Wildman–Crippen MR) is 73.9 cm³/mol. The van der Waals surface area contributed by atoms with Gasteiger partial charge in [0.15, 0.2) is 0 Å². The highest BCUT2D eigenvalue weighted by atomic mass is 16.4. The van der Waals surface area contributed by atoms with Crippen LogP contribution >= 0.6 is 0 Å². The number of nitrogens with one attached hydrogen (secondary N) is 1. The summed E-state index contributed by atoms with van der Waals surface area (Å²) in [7, 11) is 0. The smallest absolute Gasteiger partial charge is 0.303 e. The summed E-state index contributed by atoms with van der Waals surface area (Å²) in [4.78, 5) is 24.4. The molecule has 5 nitrogen and oxygen atoms in total. The van der Waals surface area contributed by atoms with Gasteiger partial charge in [0.1, 0.15) is 0 Å². The van der Waals surface area contributed by atoms with Gasteiger partial charge in [-0.1, -0.05) is 13.8 Å². The van der Waals surface area contributed by atoms with E-state index >= 15 is 0 Å². The summed E-state index contributed by atoms with van der Waals surface area (Å²) in [6, 6.07) is 0.460. The van der Waals surface area contributed by atoms with Gasteiger partial charge in [0.2, 0.25) is 5.91 Å². The van der Waals surface area contributed by atoms with Crippen molar-refractivity contribution in [1.29, 1.82) is 0 Å². The fourth-order valence-electron chi connectivity index (χ4n) is 2.41. The SMILES string of the molecule is CC(C)NCCCC(=O)N1CCC(CCC(=O)O)C1. The number of carbonyl (C=O) groups is 2. The van der Waals surface area contributed by atoms with Crippen LogP contribution in [0, 0.1) is 5.92 Å². The average molecular weight is 270 g/mol. The van der Waals surface area contributed by atoms with E-state index in [1.807, 2.05) is 4.90 Å². The van der Waals surface area contributed by atoms with Crippen LogP contribution in [-0.4, -0.2) is 47.6 Å². The summed E-state index contributed by atoms with van der Waals surface area (Å²) in [6.07, 6.45) is 3.31. The van der Waals surface area contributed by atoms with Gasteiger partial charge in [-0.15, -0.1) is 0 Å². The number of carbonyl (C=O) groups excluding carboxylic acids is 1. The molecule has 0 aromatic rings. The first-order valence-corrected chi connectivity index (χ1v) is 7.22. The fourth-order valence-corrected chi connectivity index (χ4v) is 2.41. The standard InChI is InChI=1S/C14H26N2O3/c1-11(2)15-8-3-4-13(17)16-9-7-12(10-16)5-6-14(18)19/h11-12,15H,3-10H2,1-2H3,(H,18,19). The molecule has 1 fully saturated rings. The van der Waals surface area contributed by atoms with E-state index in [1.54, 1.807) is 0 Å². The number of aliphatic carboxylic acids is 1. The number of carboxylic acid groups (broad SMARTS) is 1. The lowest BCUT2D eigenvalue weighted by Crippen LogP contribution is -2.30. The summed E-state index contributed by atoms with van der Waals surface area (Å²) in [5, 5.41) is 11.9. The zero-order valence-electron chi connectivity index (χ0n) is 12.0. The molecule has 19 heavy (non-hydrogen) atoms. The van der Waals surface area contributed by atoms with Crippen molar-refractivity contribution in [1.82, 2.24) is 10.2 Å². The van der Waals surface area contributed by atoms with E-state index in [9.17, 15) is 9.59 Å². The zero-order chi connectivity index (χ0) is 14.3. The maximum absolute atomic E-state index is 12.0. The van der Waals surface area contributed by atoms with Gasteiger partial charge >= 0.3 is 5.97 Å². The number of carboxylic acids is 1. The van der Waals surface area contributed by atoms with Crippen LogP contribution < -0.4 is 5.32 Å². The van der Waals surface area contributed by atoms with Crippen molar-refractivity contribution in [2.75, 3.05) is 19.6 Å². The normalized spacial score (nSPS) is 19.1. The third kappa shape index (κ3) is 6.57. The molecule has 1 aliphatic rings. The minimum absolute atomic E-state index is 0.211. The Morgan fingerprint density at radius 1 is 1.37 bits per heavy atom. The average Bonchev–Trinajstić information content (AvgIpc) is 2.80. The van der Waals surface area contributed by atoms with Gasteiger partial charge < -0.3 is 15.3 Å². The van der Waals surface area contributed by atoms with Crippen LogP contribution in [0.5, 0.6) is 0 Å². The molecule has 1 atom stereocenters. The molecule has 5 heteroatoms. The van der Waals surface area contributed by atoms with Crippen LogP contribution in [0.1, 0.15) is 46.0 Å². The third-order valence-corrected chi connectivity index (χ3v) is 3.53. The molecule has 0 radical (unpaired) electrons. The van der Waals surface area contributed by atoms with E-state index in [-0.39, 0.29) is 12.3 Å². The Morgan fingerprint density at radius 2 is 2.11 bits per heavy atom. The second kappa shape index (κ2) is 8.15. The lowest BCUT2D eigenvalue weighted by molar-refractivity contribution is -0.137. The minimum Gasteiger partial charge on any atom is -0.481 e. The quantitative estimate of drug-likeness (QED) is 0.655. The van der Waals surface area contributed by atoms with E-state index < -0.39 is 5.97 Å². The second-order valence-corrected chi connectivity index (χ2v) is 5.64. The zero-order valence-corrected chi connectivity index (χ0v) is 12.0. The van der Waals surface area contributed by atoms with E-state index in [2.05, 4.69) is 19.2 Å². The molecule has 110 valence electrons. The van der Waals surface area contributed by atoms with E-state index in [0.29, 0.717) is 24.8 Å². The van der Waals surface area contributed by atoms with Crippen molar-refractivity contribution < 1.29 is 14.7 Å². The monoisotopic (exact) mass is 270 g/mol. The molecule has 0 spiro atoms. The molecular formula is C14H26N2O3. The Labute approximate surface area is 115 Å². The largest absolute Gasteiger partial charge is 0.481 e. The van der Waals surface area contributed by atoms with Gasteiger partial charge in [0, 0.05) is 32.0 Å². The molecule has 1 unspecified atom stereocenters. The summed E-state index contributed by atoms with van der Waals surface area (Å²) >= 11 is 0. The van der Waals surface area contributed by atoms with Gasteiger partial charge in [-0.25, -0.2) is 0 Å². The van der Waals surface area contributed by atoms with Crippen LogP contribution in [0.15, 0.2) is 0 Å². The molecule has 1 saturated heterocycles. The highest BCUT2D eigenvalue weighted by molar-refractivity contribution is 5.76. The molecule has 1 amide bonds. The summed E-state index contributed by atoms with van der Waals surface area (Å²) < 4.78 is 0. The number of likely N-dealkylation sites (tertiary alicyclic amines) is 1. The molecule has 0 aromatic carbocycles. The Morgan fingerprint density at radius 3 is 2.74 bits per heavy atom. The molecule has 0 bridgehead atoms. The lowest BCUT2D eigenvalue weighted by atomic mass is 10.0. The van der Waals surface area contributed by atoms with Crippen molar-refractivity contribution in [3.8, 4) is 0 Å². The molecule has 1 rings (SSSR count). The Balaban J connectivity index is 2.15. The van der Waals surface area contributed by atoms with Crippen LogP contribution in [0.2, 0.25) is 0 Å². The van der Waals surface area contributed by atoms with E-state index in [1.165, 1.54) is 0 Å². The number of amides is 1. The summed E-state index contributed by atoms with van der Waals surface area (Å²) in [6.45, 7) is 6.59. The van der Waals surface area contributed by atoms with E-state index in [0.717, 1.165) is 32.5 Å². The lowest BCUT2D eigenvalue weighted by Gasteiger charge is -2.16. The highest BCUT2D eigenvalue weighted by Gasteiger charge is 2.25. The molecule has 2 N–H and O–H groups in total. The number of nitrogens with zero attached hydrogens (tertiary/aromatic N) is 1. The first-order chi connectivity index (χ1) is 8.99. The molecular weight excluding hydrogens is 244 g/mol. The van der Waals surface area contributed by atoms with Gasteiger partial charge in [-0.05, 0) is 31.7 Å². The highest BCUT2D eigenvalue weighted by Crippen LogP contribution is 2.21. The van der Waals surface area contributed by atoms with Gasteiger partial charge in [0.05, 0.1) is 0 Å². The van der Waals surface area contributed by atoms with Crippen molar-refractivity contribution in [2.24, 2.45) is 5.92 Å². The fraction of sp³-hybridized carbons (Fsp3) is 0.857. The topological polar surface area (TPSA) is 69.6 Å². The molecule has 1 aliphatic heterocycles. The number of rotatable bonds is 8. The number of hydrogen-bond donors (Lipinski definition) is 2. The Kier molecular flexibility index (Phi) is 6.84. The summed E-state index contributed by atoms with van der Waals surface area (Å²) in [5.74, 6) is -0.165. The number of hydrogen-bond acceptors (Lipinski definition) is 3. The Hall–Kier alpha value is -1.10. The maximum atomic E-state index is 12.0.